The number of amides is 1. The van der Waals surface area contributed by atoms with Crippen molar-refractivity contribution in [3.05, 3.63) is 53.6 Å². The SMILES string of the molecule is COc1cc(C(=O)N[C@H](CC(C)C)c2ccccc2)cc(OC)c1OC. The van der Waals surface area contributed by atoms with E-state index in [1.165, 1.54) is 21.3 Å². The third-order valence-corrected chi connectivity index (χ3v) is 4.14. The molecular formula is C21H27NO4. The molecule has 5 nitrogen and oxygen atoms in total. The molecule has 0 heterocycles. The Labute approximate surface area is 155 Å². The number of rotatable bonds is 8. The van der Waals surface area contributed by atoms with Crippen molar-refractivity contribution in [3.8, 4) is 17.2 Å². The Balaban J connectivity index is 2.31. The first-order valence-electron chi connectivity index (χ1n) is 8.66. The second-order valence-corrected chi connectivity index (χ2v) is 6.48. The molecule has 2 rings (SSSR count). The van der Waals surface area contributed by atoms with Crippen LogP contribution in [0.2, 0.25) is 0 Å². The molecule has 0 aliphatic heterocycles. The van der Waals surface area contributed by atoms with Crippen LogP contribution in [0, 0.1) is 5.92 Å². The van der Waals surface area contributed by atoms with E-state index >= 15 is 0 Å². The Bertz CT molecular complexity index is 703. The molecule has 0 aliphatic carbocycles. The fourth-order valence-electron chi connectivity index (χ4n) is 2.89. The predicted octanol–water partition coefficient (Wildman–Crippen LogP) is 4.23. The van der Waals surface area contributed by atoms with Crippen LogP contribution in [0.15, 0.2) is 42.5 Å². The van der Waals surface area contributed by atoms with Gasteiger partial charge >= 0.3 is 0 Å². The van der Waals surface area contributed by atoms with Crippen molar-refractivity contribution in [2.24, 2.45) is 5.92 Å². The minimum absolute atomic E-state index is 0.0669. The summed E-state index contributed by atoms with van der Waals surface area (Å²) in [6.07, 6.45) is 0.847. The summed E-state index contributed by atoms with van der Waals surface area (Å²) >= 11 is 0. The number of benzene rings is 2. The van der Waals surface area contributed by atoms with Gasteiger partial charge in [0.05, 0.1) is 27.4 Å². The normalized spacial score (nSPS) is 11.8. The molecule has 0 unspecified atom stereocenters. The van der Waals surface area contributed by atoms with Crippen molar-refractivity contribution >= 4 is 5.91 Å². The van der Waals surface area contributed by atoms with E-state index in [1.54, 1.807) is 12.1 Å². The molecule has 0 saturated carbocycles. The van der Waals surface area contributed by atoms with E-state index in [1.807, 2.05) is 30.3 Å². The average molecular weight is 357 g/mol. The summed E-state index contributed by atoms with van der Waals surface area (Å²) in [6.45, 7) is 4.28. The van der Waals surface area contributed by atoms with Crippen LogP contribution < -0.4 is 19.5 Å². The van der Waals surface area contributed by atoms with E-state index in [-0.39, 0.29) is 11.9 Å². The summed E-state index contributed by atoms with van der Waals surface area (Å²) in [5.74, 6) is 1.64. The lowest BCUT2D eigenvalue weighted by atomic mass is 9.96. The van der Waals surface area contributed by atoms with Crippen LogP contribution in [0.4, 0.5) is 0 Å². The van der Waals surface area contributed by atoms with Crippen LogP contribution in [0.1, 0.15) is 42.2 Å². The number of ether oxygens (including phenoxy) is 3. The summed E-state index contributed by atoms with van der Waals surface area (Å²) in [4.78, 5) is 12.9. The maximum absolute atomic E-state index is 12.9. The lowest BCUT2D eigenvalue weighted by Gasteiger charge is -2.22. The van der Waals surface area contributed by atoms with E-state index in [2.05, 4.69) is 19.2 Å². The third-order valence-electron chi connectivity index (χ3n) is 4.14. The first-order valence-corrected chi connectivity index (χ1v) is 8.66. The molecule has 2 aromatic carbocycles. The van der Waals surface area contributed by atoms with Crippen LogP contribution in [-0.4, -0.2) is 27.2 Å². The second kappa shape index (κ2) is 9.13. The molecule has 0 saturated heterocycles. The molecule has 5 heteroatoms. The largest absolute Gasteiger partial charge is 0.493 e. The zero-order chi connectivity index (χ0) is 19.1. The smallest absolute Gasteiger partial charge is 0.252 e. The molecule has 0 spiro atoms. The number of hydrogen-bond donors (Lipinski definition) is 1. The van der Waals surface area contributed by atoms with E-state index in [0.29, 0.717) is 28.7 Å². The lowest BCUT2D eigenvalue weighted by Crippen LogP contribution is -2.29. The van der Waals surface area contributed by atoms with Crippen molar-refractivity contribution in [1.29, 1.82) is 0 Å². The molecular weight excluding hydrogens is 330 g/mol. The van der Waals surface area contributed by atoms with Crippen LogP contribution in [0.5, 0.6) is 17.2 Å². The van der Waals surface area contributed by atoms with Gasteiger partial charge in [0, 0.05) is 5.56 Å². The molecule has 0 aromatic heterocycles. The fraction of sp³-hybridized carbons (Fsp3) is 0.381. The molecule has 2 aromatic rings. The third kappa shape index (κ3) is 4.69. The van der Waals surface area contributed by atoms with Gasteiger partial charge in [-0.05, 0) is 30.0 Å². The highest BCUT2D eigenvalue weighted by atomic mass is 16.5. The summed E-state index contributed by atoms with van der Waals surface area (Å²) < 4.78 is 16.0. The van der Waals surface area contributed by atoms with Crippen LogP contribution >= 0.6 is 0 Å². The molecule has 0 bridgehead atoms. The highest BCUT2D eigenvalue weighted by Crippen LogP contribution is 2.38. The highest BCUT2D eigenvalue weighted by molar-refractivity contribution is 5.96. The van der Waals surface area contributed by atoms with Gasteiger partial charge < -0.3 is 19.5 Å². The Kier molecular flexibility index (Phi) is 6.89. The minimum atomic E-state index is -0.182. The van der Waals surface area contributed by atoms with Gasteiger partial charge in [-0.2, -0.15) is 0 Å². The van der Waals surface area contributed by atoms with E-state index < -0.39 is 0 Å². The molecule has 0 radical (unpaired) electrons. The monoisotopic (exact) mass is 357 g/mol. The van der Waals surface area contributed by atoms with Gasteiger partial charge in [-0.3, -0.25) is 4.79 Å². The van der Waals surface area contributed by atoms with Gasteiger partial charge in [-0.25, -0.2) is 0 Å². The predicted molar refractivity (Wildman–Crippen MR) is 102 cm³/mol. The van der Waals surface area contributed by atoms with Crippen molar-refractivity contribution in [2.45, 2.75) is 26.3 Å². The minimum Gasteiger partial charge on any atom is -0.493 e. The number of methoxy groups -OCH3 is 3. The fourth-order valence-corrected chi connectivity index (χ4v) is 2.89. The zero-order valence-electron chi connectivity index (χ0n) is 16.0. The lowest BCUT2D eigenvalue weighted by molar-refractivity contribution is 0.0931. The Morgan fingerprint density at radius 3 is 2.00 bits per heavy atom. The maximum Gasteiger partial charge on any atom is 0.252 e. The van der Waals surface area contributed by atoms with Crippen molar-refractivity contribution in [3.63, 3.8) is 0 Å². The van der Waals surface area contributed by atoms with Gasteiger partial charge in [0.15, 0.2) is 11.5 Å². The highest BCUT2D eigenvalue weighted by Gasteiger charge is 2.20. The van der Waals surface area contributed by atoms with Crippen LogP contribution in [-0.2, 0) is 0 Å². The molecule has 1 N–H and O–H groups in total. The standard InChI is InChI=1S/C21H27NO4/c1-14(2)11-17(15-9-7-6-8-10-15)22-21(23)16-12-18(24-3)20(26-5)19(13-16)25-4/h6-10,12-14,17H,11H2,1-5H3,(H,22,23)/t17-/m1/s1. The summed E-state index contributed by atoms with van der Waals surface area (Å²) in [7, 11) is 4.60. The molecule has 1 atom stereocenters. The summed E-state index contributed by atoms with van der Waals surface area (Å²) in [5, 5.41) is 3.13. The molecule has 0 fully saturated rings. The molecule has 26 heavy (non-hydrogen) atoms. The molecule has 0 aliphatic rings. The summed E-state index contributed by atoms with van der Waals surface area (Å²) in [5.41, 5.74) is 1.55. The Morgan fingerprint density at radius 2 is 1.54 bits per heavy atom. The topological polar surface area (TPSA) is 56.8 Å². The van der Waals surface area contributed by atoms with Gasteiger partial charge in [-0.1, -0.05) is 44.2 Å². The number of carbonyl (C=O) groups excluding carboxylic acids is 1. The number of carbonyl (C=O) groups is 1. The number of hydrogen-bond acceptors (Lipinski definition) is 4. The van der Waals surface area contributed by atoms with Crippen LogP contribution in [0.25, 0.3) is 0 Å². The quantitative estimate of drug-likeness (QED) is 0.768. The zero-order valence-corrected chi connectivity index (χ0v) is 16.0. The number of nitrogens with one attached hydrogen (secondary N) is 1. The van der Waals surface area contributed by atoms with Gasteiger partial charge in [-0.15, -0.1) is 0 Å². The maximum atomic E-state index is 12.9. The summed E-state index contributed by atoms with van der Waals surface area (Å²) in [6, 6.07) is 13.2. The second-order valence-electron chi connectivity index (χ2n) is 6.48. The Hall–Kier alpha value is -2.69. The van der Waals surface area contributed by atoms with Crippen LogP contribution in [0.3, 0.4) is 0 Å². The van der Waals surface area contributed by atoms with Crippen molar-refractivity contribution in [2.75, 3.05) is 21.3 Å². The van der Waals surface area contributed by atoms with Gasteiger partial charge in [0.1, 0.15) is 0 Å². The Morgan fingerprint density at radius 1 is 0.962 bits per heavy atom. The van der Waals surface area contributed by atoms with Crippen molar-refractivity contribution in [1.82, 2.24) is 5.32 Å². The van der Waals surface area contributed by atoms with Gasteiger partial charge in [0.25, 0.3) is 5.91 Å². The van der Waals surface area contributed by atoms with Gasteiger partial charge in [0.2, 0.25) is 5.75 Å². The van der Waals surface area contributed by atoms with E-state index in [9.17, 15) is 4.79 Å². The van der Waals surface area contributed by atoms with E-state index in [4.69, 9.17) is 14.2 Å². The van der Waals surface area contributed by atoms with Crippen molar-refractivity contribution < 1.29 is 19.0 Å². The average Bonchev–Trinajstić information content (AvgIpc) is 2.66. The van der Waals surface area contributed by atoms with E-state index in [0.717, 1.165) is 12.0 Å². The molecule has 1 amide bonds. The first-order chi connectivity index (χ1) is 12.5. The molecule has 140 valence electrons. The first kappa shape index (κ1) is 19.6.